The second-order valence-corrected chi connectivity index (χ2v) is 3.97. The van der Waals surface area contributed by atoms with Gasteiger partial charge in [-0.25, -0.2) is 0 Å². The minimum Gasteiger partial charge on any atom is -0.367 e. The normalized spacial score (nSPS) is 15.7. The molecule has 0 rings (SSSR count). The lowest BCUT2D eigenvalue weighted by molar-refractivity contribution is -0.247. The van der Waals surface area contributed by atoms with Crippen LogP contribution in [0.2, 0.25) is 0 Å². The Hall–Kier alpha value is -1.30. The first-order valence-corrected chi connectivity index (χ1v) is 5.53. The molecule has 4 nitrogen and oxygen atoms in total. The highest BCUT2D eigenvalue weighted by molar-refractivity contribution is 5.94. The summed E-state index contributed by atoms with van der Waals surface area (Å²) in [4.78, 5) is 20.5. The van der Waals surface area contributed by atoms with Crippen LogP contribution in [0, 0.1) is 5.92 Å². The molecule has 130 valence electrons. The Bertz CT molecular complexity index is 377. The zero-order valence-electron chi connectivity index (χ0n) is 10.8. The van der Waals surface area contributed by atoms with Crippen molar-refractivity contribution in [2.24, 2.45) is 5.92 Å². The number of ether oxygens (including phenoxy) is 2. The lowest BCUT2D eigenvalue weighted by Crippen LogP contribution is -2.45. The molecular formula is C10H10F8O4. The summed E-state index contributed by atoms with van der Waals surface area (Å²) in [7, 11) is 0. The number of hydrogen-bond donors (Lipinski definition) is 0. The summed E-state index contributed by atoms with van der Waals surface area (Å²) in [5.74, 6) is -3.39. The van der Waals surface area contributed by atoms with Crippen molar-refractivity contribution in [3.63, 3.8) is 0 Å². The van der Waals surface area contributed by atoms with E-state index in [1.54, 1.807) is 0 Å². The van der Waals surface area contributed by atoms with E-state index in [9.17, 15) is 44.7 Å². The topological polar surface area (TPSA) is 52.6 Å². The maximum absolute atomic E-state index is 12.5. The summed E-state index contributed by atoms with van der Waals surface area (Å²) in [6, 6.07) is -5.83. The molecule has 0 radical (unpaired) electrons. The van der Waals surface area contributed by atoms with Gasteiger partial charge in [0.1, 0.15) is 0 Å². The monoisotopic (exact) mass is 346 g/mol. The van der Waals surface area contributed by atoms with Crippen molar-refractivity contribution in [1.82, 2.24) is 0 Å². The van der Waals surface area contributed by atoms with E-state index < -0.39 is 55.8 Å². The summed E-state index contributed by atoms with van der Waals surface area (Å²) < 4.78 is 106. The number of hydrogen-bond acceptors (Lipinski definition) is 4. The van der Waals surface area contributed by atoms with Crippen LogP contribution in [0.15, 0.2) is 0 Å². The van der Waals surface area contributed by atoms with E-state index in [0.717, 1.165) is 0 Å². The van der Waals surface area contributed by atoms with Gasteiger partial charge in [0, 0.05) is 0 Å². The molecule has 2 unspecified atom stereocenters. The van der Waals surface area contributed by atoms with E-state index in [1.807, 2.05) is 0 Å². The molecule has 0 amide bonds. The van der Waals surface area contributed by atoms with Crippen LogP contribution in [0.1, 0.15) is 6.92 Å². The van der Waals surface area contributed by atoms with Gasteiger partial charge in [-0.15, -0.1) is 0 Å². The fraction of sp³-hybridized carbons (Fsp3) is 0.800. The van der Waals surface area contributed by atoms with Crippen molar-refractivity contribution in [3.05, 3.63) is 0 Å². The van der Waals surface area contributed by atoms with Gasteiger partial charge in [-0.2, -0.15) is 35.1 Å². The second kappa shape index (κ2) is 7.81. The minimum atomic E-state index is -5.50. The first-order valence-electron chi connectivity index (χ1n) is 5.53. The summed E-state index contributed by atoms with van der Waals surface area (Å²) in [5, 5.41) is 0. The molecule has 22 heavy (non-hydrogen) atoms. The number of alkyl halides is 6. The van der Waals surface area contributed by atoms with E-state index in [-0.39, 0.29) is 0 Å². The number of rotatable bonds is 8. The maximum Gasteiger partial charge on any atom is 0.416 e. The molecule has 0 aromatic heterocycles. The number of carbonyl (C=O) groups excluding carboxylic acids is 2. The van der Waals surface area contributed by atoms with E-state index in [2.05, 4.69) is 9.47 Å². The Labute approximate surface area is 118 Å². The Balaban J connectivity index is 4.71. The van der Waals surface area contributed by atoms with Crippen molar-refractivity contribution in [2.45, 2.75) is 31.5 Å². The van der Waals surface area contributed by atoms with Crippen LogP contribution in [0.25, 0.3) is 0 Å². The lowest BCUT2D eigenvalue weighted by Gasteiger charge is -2.24. The third-order valence-corrected chi connectivity index (χ3v) is 2.32. The van der Waals surface area contributed by atoms with Crippen LogP contribution >= 0.6 is 0 Å². The summed E-state index contributed by atoms with van der Waals surface area (Å²) in [6.45, 7) is -1.62. The van der Waals surface area contributed by atoms with Crippen molar-refractivity contribution in [3.8, 4) is 0 Å². The van der Waals surface area contributed by atoms with Gasteiger partial charge in [-0.3, -0.25) is 9.59 Å². The fourth-order valence-corrected chi connectivity index (χ4v) is 1.20. The van der Waals surface area contributed by atoms with Crippen LogP contribution in [0.5, 0.6) is 0 Å². The third-order valence-electron chi connectivity index (χ3n) is 2.32. The molecule has 0 aromatic carbocycles. The van der Waals surface area contributed by atoms with Crippen LogP contribution < -0.4 is 0 Å². The zero-order valence-corrected chi connectivity index (χ0v) is 10.8. The predicted molar refractivity (Wildman–Crippen MR) is 53.0 cm³/mol. The fourth-order valence-electron chi connectivity index (χ4n) is 1.20. The van der Waals surface area contributed by atoms with Crippen molar-refractivity contribution >= 4 is 12.1 Å². The SMILES string of the molecule is CC(OCCOC(C(C(=O)F)C(=O)F)C(F)(F)F)C(F)(F)F. The van der Waals surface area contributed by atoms with E-state index in [1.165, 1.54) is 0 Å². The molecule has 2 atom stereocenters. The predicted octanol–water partition coefficient (Wildman–Crippen LogP) is 2.51. The van der Waals surface area contributed by atoms with E-state index in [0.29, 0.717) is 6.92 Å². The molecule has 12 heteroatoms. The molecule has 0 spiro atoms. The van der Waals surface area contributed by atoms with Gasteiger partial charge in [0.05, 0.1) is 13.2 Å². The van der Waals surface area contributed by atoms with Crippen molar-refractivity contribution in [2.75, 3.05) is 13.2 Å². The standard InChI is InChI=1S/C10H10F8O4/c1-4(9(13,14)15)21-2-3-22-6(10(16,17)18)5(7(11)19)8(12)20/h4-6H,2-3H2,1H3. The molecule has 0 fully saturated rings. The van der Waals surface area contributed by atoms with E-state index >= 15 is 0 Å². The first kappa shape index (κ1) is 20.7. The van der Waals surface area contributed by atoms with Gasteiger partial charge in [0.25, 0.3) is 0 Å². The quantitative estimate of drug-likeness (QED) is 0.293. The molecule has 0 aliphatic rings. The highest BCUT2D eigenvalue weighted by Gasteiger charge is 2.52. The molecule has 0 saturated heterocycles. The van der Waals surface area contributed by atoms with Gasteiger partial charge in [-0.1, -0.05) is 0 Å². The largest absolute Gasteiger partial charge is 0.416 e. The molecule has 0 aliphatic carbocycles. The molecule has 0 aromatic rings. The van der Waals surface area contributed by atoms with Crippen LogP contribution in [-0.2, 0) is 19.1 Å². The summed E-state index contributed by atoms with van der Waals surface area (Å²) in [6.07, 6.45) is -16.0. The van der Waals surface area contributed by atoms with Gasteiger partial charge < -0.3 is 9.47 Å². The molecule has 0 saturated carbocycles. The first-order chi connectivity index (χ1) is 9.78. The van der Waals surface area contributed by atoms with Crippen LogP contribution in [0.3, 0.4) is 0 Å². The van der Waals surface area contributed by atoms with E-state index in [4.69, 9.17) is 0 Å². The average Bonchev–Trinajstić information content (AvgIpc) is 2.28. The average molecular weight is 346 g/mol. The van der Waals surface area contributed by atoms with Crippen molar-refractivity contribution < 1.29 is 54.2 Å². The highest BCUT2D eigenvalue weighted by Crippen LogP contribution is 2.30. The molecule has 0 heterocycles. The molecule has 0 N–H and O–H groups in total. The third kappa shape index (κ3) is 6.64. The molecular weight excluding hydrogens is 336 g/mol. The Morgan fingerprint density at radius 1 is 0.864 bits per heavy atom. The van der Waals surface area contributed by atoms with Gasteiger partial charge in [0.15, 0.2) is 18.1 Å². The van der Waals surface area contributed by atoms with Crippen LogP contribution in [0.4, 0.5) is 35.1 Å². The van der Waals surface area contributed by atoms with Gasteiger partial charge in [-0.05, 0) is 6.92 Å². The van der Waals surface area contributed by atoms with Gasteiger partial charge >= 0.3 is 24.4 Å². The highest BCUT2D eigenvalue weighted by atomic mass is 19.4. The minimum absolute atomic E-state index is 0.570. The number of carbonyl (C=O) groups is 2. The Kier molecular flexibility index (Phi) is 7.35. The second-order valence-electron chi connectivity index (χ2n) is 3.97. The molecule has 0 bridgehead atoms. The van der Waals surface area contributed by atoms with Gasteiger partial charge in [0.2, 0.25) is 0 Å². The molecule has 0 aliphatic heterocycles. The Morgan fingerprint density at radius 3 is 1.59 bits per heavy atom. The smallest absolute Gasteiger partial charge is 0.367 e. The van der Waals surface area contributed by atoms with Crippen molar-refractivity contribution in [1.29, 1.82) is 0 Å². The maximum atomic E-state index is 12.5. The Morgan fingerprint density at radius 2 is 1.27 bits per heavy atom. The van der Waals surface area contributed by atoms with Crippen LogP contribution in [-0.4, -0.2) is 49.8 Å². The summed E-state index contributed by atoms with van der Waals surface area (Å²) >= 11 is 0. The number of halogens is 8. The summed E-state index contributed by atoms with van der Waals surface area (Å²) in [5.41, 5.74) is 0. The zero-order chi connectivity index (χ0) is 17.7. The lowest BCUT2D eigenvalue weighted by atomic mass is 10.0.